The fourth-order valence-corrected chi connectivity index (χ4v) is 4.47. The summed E-state index contributed by atoms with van der Waals surface area (Å²) < 4.78 is 14.8. The number of halogens is 1. The summed E-state index contributed by atoms with van der Waals surface area (Å²) >= 11 is 0. The number of hydrogen-bond acceptors (Lipinski definition) is 5. The molecule has 5 rings (SSSR count). The van der Waals surface area contributed by atoms with E-state index in [2.05, 4.69) is 20.6 Å². The Morgan fingerprint density at radius 1 is 1.11 bits per heavy atom. The third-order valence-corrected chi connectivity index (χ3v) is 6.43. The highest BCUT2D eigenvalue weighted by Crippen LogP contribution is 2.38. The summed E-state index contributed by atoms with van der Waals surface area (Å²) in [4.78, 5) is 49.7. The Bertz CT molecular complexity index is 1270. The molecule has 9 nitrogen and oxygen atoms in total. The monoisotopic (exact) mass is 476 g/mol. The van der Waals surface area contributed by atoms with Gasteiger partial charge in [0.15, 0.2) is 5.69 Å². The van der Waals surface area contributed by atoms with Gasteiger partial charge in [0.2, 0.25) is 5.91 Å². The Kier molecular flexibility index (Phi) is 5.80. The first kappa shape index (κ1) is 22.7. The number of imidazole rings is 1. The zero-order chi connectivity index (χ0) is 24.6. The van der Waals surface area contributed by atoms with Gasteiger partial charge < -0.3 is 20.1 Å². The maximum atomic E-state index is 13.6. The molecular weight excluding hydrogens is 451 g/mol. The Morgan fingerprint density at radius 2 is 1.86 bits per heavy atom. The highest BCUT2D eigenvalue weighted by Gasteiger charge is 2.53. The Labute approximate surface area is 201 Å². The van der Waals surface area contributed by atoms with Gasteiger partial charge in [0.1, 0.15) is 17.1 Å². The number of carbonyl (C=O) groups excluding carboxylic acids is 3. The SMILES string of the molecule is CC1(C(=O)NCc2ccc(F)cc2)Cn2cnc(C(=O)NCc3cccnc3)c2C(=O)N1C1CC1. The van der Waals surface area contributed by atoms with Crippen molar-refractivity contribution in [2.24, 2.45) is 0 Å². The molecule has 2 N–H and O–H groups in total. The molecule has 1 aromatic carbocycles. The van der Waals surface area contributed by atoms with Gasteiger partial charge in [-0.3, -0.25) is 19.4 Å². The summed E-state index contributed by atoms with van der Waals surface area (Å²) in [5.74, 6) is -1.51. The summed E-state index contributed by atoms with van der Waals surface area (Å²) in [6.07, 6.45) is 6.32. The number of carbonyl (C=O) groups is 3. The van der Waals surface area contributed by atoms with Crippen LogP contribution in [0.4, 0.5) is 4.39 Å². The predicted octanol–water partition coefficient (Wildman–Crippen LogP) is 2.04. The number of hydrogen-bond donors (Lipinski definition) is 2. The van der Waals surface area contributed by atoms with Crippen molar-refractivity contribution in [1.29, 1.82) is 0 Å². The van der Waals surface area contributed by atoms with Crippen molar-refractivity contribution in [1.82, 2.24) is 30.1 Å². The molecule has 3 amide bonds. The fraction of sp³-hybridized carbons (Fsp3) is 0.320. The minimum atomic E-state index is -1.16. The molecule has 1 saturated carbocycles. The van der Waals surface area contributed by atoms with Crippen LogP contribution in [0.5, 0.6) is 0 Å². The van der Waals surface area contributed by atoms with Crippen molar-refractivity contribution in [2.75, 3.05) is 0 Å². The van der Waals surface area contributed by atoms with Crippen LogP contribution in [0.15, 0.2) is 55.1 Å². The third kappa shape index (κ3) is 4.39. The maximum absolute atomic E-state index is 13.6. The normalized spacial score (nSPS) is 19.3. The van der Waals surface area contributed by atoms with E-state index in [1.54, 1.807) is 47.0 Å². The van der Waals surface area contributed by atoms with Gasteiger partial charge in [0, 0.05) is 31.5 Å². The second-order valence-electron chi connectivity index (χ2n) is 9.10. The van der Waals surface area contributed by atoms with E-state index in [1.165, 1.54) is 18.5 Å². The molecule has 0 bridgehead atoms. The van der Waals surface area contributed by atoms with Gasteiger partial charge in [-0.2, -0.15) is 0 Å². The van der Waals surface area contributed by atoms with Crippen molar-refractivity contribution in [3.63, 3.8) is 0 Å². The van der Waals surface area contributed by atoms with E-state index in [0.717, 1.165) is 24.0 Å². The van der Waals surface area contributed by atoms with Crippen LogP contribution in [0.2, 0.25) is 0 Å². The van der Waals surface area contributed by atoms with Crippen molar-refractivity contribution in [2.45, 2.75) is 51.0 Å². The van der Waals surface area contributed by atoms with Gasteiger partial charge in [-0.15, -0.1) is 0 Å². The number of aromatic nitrogens is 3. The molecule has 3 aromatic rings. The first-order chi connectivity index (χ1) is 16.9. The number of pyridine rings is 1. The van der Waals surface area contributed by atoms with Gasteiger partial charge in [-0.1, -0.05) is 18.2 Å². The average molecular weight is 477 g/mol. The average Bonchev–Trinajstić information content (AvgIpc) is 3.60. The molecule has 3 heterocycles. The molecule has 1 atom stereocenters. The maximum Gasteiger partial charge on any atom is 0.274 e. The van der Waals surface area contributed by atoms with Gasteiger partial charge in [-0.25, -0.2) is 9.37 Å². The summed E-state index contributed by atoms with van der Waals surface area (Å²) in [5, 5.41) is 5.67. The number of nitrogens with zero attached hydrogens (tertiary/aromatic N) is 4. The highest BCUT2D eigenvalue weighted by molar-refractivity contribution is 6.07. The minimum absolute atomic E-state index is 0.0401. The number of benzene rings is 1. The lowest BCUT2D eigenvalue weighted by atomic mass is 9.93. The predicted molar refractivity (Wildman–Crippen MR) is 123 cm³/mol. The van der Waals surface area contributed by atoms with Crippen molar-refractivity contribution in [3.8, 4) is 0 Å². The molecule has 1 fully saturated rings. The Morgan fingerprint density at radius 3 is 2.54 bits per heavy atom. The van der Waals surface area contributed by atoms with Crippen molar-refractivity contribution in [3.05, 3.63) is 83.5 Å². The summed E-state index contributed by atoms with van der Waals surface area (Å²) in [6, 6.07) is 9.43. The van der Waals surface area contributed by atoms with Gasteiger partial charge in [0.05, 0.1) is 12.9 Å². The zero-order valence-corrected chi connectivity index (χ0v) is 19.2. The highest BCUT2D eigenvalue weighted by atomic mass is 19.1. The van der Waals surface area contributed by atoms with E-state index in [1.807, 2.05) is 6.07 Å². The number of nitrogens with one attached hydrogen (secondary N) is 2. The van der Waals surface area contributed by atoms with Crippen molar-refractivity contribution >= 4 is 17.7 Å². The zero-order valence-electron chi connectivity index (χ0n) is 19.2. The number of amides is 3. The Balaban J connectivity index is 1.36. The van der Waals surface area contributed by atoms with E-state index in [-0.39, 0.29) is 54.7 Å². The second kappa shape index (κ2) is 8.94. The lowest BCUT2D eigenvalue weighted by molar-refractivity contribution is -0.133. The van der Waals surface area contributed by atoms with E-state index in [9.17, 15) is 18.8 Å². The molecule has 10 heteroatoms. The first-order valence-electron chi connectivity index (χ1n) is 11.5. The molecule has 0 radical (unpaired) electrons. The molecule has 1 aliphatic carbocycles. The minimum Gasteiger partial charge on any atom is -0.350 e. The fourth-order valence-electron chi connectivity index (χ4n) is 4.47. The topological polar surface area (TPSA) is 109 Å². The first-order valence-corrected chi connectivity index (χ1v) is 11.5. The number of fused-ring (bicyclic) bond motifs is 1. The lowest BCUT2D eigenvalue weighted by Crippen LogP contribution is -2.64. The molecule has 2 aromatic heterocycles. The lowest BCUT2D eigenvalue weighted by Gasteiger charge is -2.44. The van der Waals surface area contributed by atoms with Gasteiger partial charge >= 0.3 is 0 Å². The largest absolute Gasteiger partial charge is 0.350 e. The van der Waals surface area contributed by atoms with Crippen LogP contribution in [0, 0.1) is 5.82 Å². The van der Waals surface area contributed by atoms with E-state index in [4.69, 9.17) is 0 Å². The van der Waals surface area contributed by atoms with E-state index < -0.39 is 11.4 Å². The molecule has 1 aliphatic heterocycles. The Hall–Kier alpha value is -4.08. The summed E-state index contributed by atoms with van der Waals surface area (Å²) in [6.45, 7) is 2.36. The molecule has 0 saturated heterocycles. The van der Waals surface area contributed by atoms with Crippen LogP contribution in [0.25, 0.3) is 0 Å². The smallest absolute Gasteiger partial charge is 0.274 e. The van der Waals surface area contributed by atoms with Gasteiger partial charge in [0.25, 0.3) is 11.8 Å². The standard InChI is InChI=1S/C25H25FN6O3/c1-25(24(35)29-12-16-4-6-18(26)7-5-16)14-31-15-30-20(21(31)23(34)32(25)19-8-9-19)22(33)28-13-17-3-2-10-27-11-17/h2-7,10-11,15,19H,8-9,12-14H2,1H3,(H,28,33)(H,29,35). The van der Waals surface area contributed by atoms with Crippen molar-refractivity contribution < 1.29 is 18.8 Å². The number of rotatable bonds is 7. The molecule has 2 aliphatic rings. The van der Waals surface area contributed by atoms with E-state index >= 15 is 0 Å². The van der Waals surface area contributed by atoms with Gasteiger partial charge in [-0.05, 0) is 49.1 Å². The molecule has 35 heavy (non-hydrogen) atoms. The van der Waals surface area contributed by atoms with E-state index in [0.29, 0.717) is 0 Å². The van der Waals surface area contributed by atoms with Crippen LogP contribution in [0.3, 0.4) is 0 Å². The van der Waals surface area contributed by atoms with Crippen LogP contribution in [-0.2, 0) is 24.4 Å². The molecule has 1 unspecified atom stereocenters. The third-order valence-electron chi connectivity index (χ3n) is 6.43. The van der Waals surface area contributed by atoms with Crippen LogP contribution >= 0.6 is 0 Å². The molecular formula is C25H25FN6O3. The molecule has 0 spiro atoms. The second-order valence-corrected chi connectivity index (χ2v) is 9.10. The quantitative estimate of drug-likeness (QED) is 0.543. The molecule has 180 valence electrons. The summed E-state index contributed by atoms with van der Waals surface area (Å²) in [5.41, 5.74) is 0.641. The van der Waals surface area contributed by atoms with Crippen LogP contribution in [0.1, 0.15) is 51.9 Å². The van der Waals surface area contributed by atoms with Crippen LogP contribution < -0.4 is 10.6 Å². The van der Waals surface area contributed by atoms with Crippen LogP contribution in [-0.4, -0.2) is 48.7 Å². The summed E-state index contributed by atoms with van der Waals surface area (Å²) in [7, 11) is 0.